The lowest BCUT2D eigenvalue weighted by atomic mass is 10.2. The number of rotatable bonds is 2. The van der Waals surface area contributed by atoms with Gasteiger partial charge in [-0.2, -0.15) is 5.10 Å². The zero-order valence-electron chi connectivity index (χ0n) is 8.51. The number of carboxylic acid groups (broad SMARTS) is 1. The highest BCUT2D eigenvalue weighted by atomic mass is 79.9. The molecule has 1 heterocycles. The van der Waals surface area contributed by atoms with E-state index in [1.165, 1.54) is 6.07 Å². The van der Waals surface area contributed by atoms with Gasteiger partial charge in [0.2, 0.25) is 0 Å². The first kappa shape index (κ1) is 10.9. The zero-order chi connectivity index (χ0) is 11.7. The van der Waals surface area contributed by atoms with Crippen LogP contribution in [0.5, 0.6) is 0 Å². The summed E-state index contributed by atoms with van der Waals surface area (Å²) in [5.74, 6) is -1.04. The van der Waals surface area contributed by atoms with E-state index < -0.39 is 5.97 Å². The van der Waals surface area contributed by atoms with Crippen LogP contribution in [0.3, 0.4) is 0 Å². The van der Waals surface area contributed by atoms with E-state index in [4.69, 9.17) is 5.11 Å². The molecule has 16 heavy (non-hydrogen) atoms. The van der Waals surface area contributed by atoms with Gasteiger partial charge in [0.05, 0.1) is 5.69 Å². The standard InChI is InChI=1S/C11H9BrN2O2/c1-7-2-4-8(5-3-7)14-10(12)6-9(13-14)11(15)16/h2-6H,1H3,(H,15,16). The maximum absolute atomic E-state index is 10.8. The molecular formula is C11H9BrN2O2. The molecule has 0 fully saturated rings. The predicted octanol–water partition coefficient (Wildman–Crippen LogP) is 2.64. The van der Waals surface area contributed by atoms with Gasteiger partial charge < -0.3 is 5.11 Å². The van der Waals surface area contributed by atoms with Gasteiger partial charge in [0.15, 0.2) is 5.69 Å². The molecule has 0 bridgehead atoms. The number of aromatic carboxylic acids is 1. The van der Waals surface area contributed by atoms with Crippen molar-refractivity contribution in [3.05, 3.63) is 46.2 Å². The molecule has 0 saturated carbocycles. The van der Waals surface area contributed by atoms with Crippen LogP contribution in [0.1, 0.15) is 16.1 Å². The number of nitrogens with zero attached hydrogens (tertiary/aromatic N) is 2. The van der Waals surface area contributed by atoms with Crippen LogP contribution in [0.15, 0.2) is 34.9 Å². The predicted molar refractivity (Wildman–Crippen MR) is 63.0 cm³/mol. The fourth-order valence-corrected chi connectivity index (χ4v) is 1.83. The smallest absolute Gasteiger partial charge is 0.356 e. The van der Waals surface area contributed by atoms with Crippen molar-refractivity contribution in [2.75, 3.05) is 0 Å². The zero-order valence-corrected chi connectivity index (χ0v) is 10.1. The Morgan fingerprint density at radius 2 is 2.00 bits per heavy atom. The van der Waals surface area contributed by atoms with E-state index in [0.29, 0.717) is 4.60 Å². The molecule has 82 valence electrons. The van der Waals surface area contributed by atoms with Gasteiger partial charge in [-0.1, -0.05) is 17.7 Å². The van der Waals surface area contributed by atoms with Gasteiger partial charge in [-0.05, 0) is 35.0 Å². The summed E-state index contributed by atoms with van der Waals surface area (Å²) < 4.78 is 2.16. The van der Waals surface area contributed by atoms with E-state index >= 15 is 0 Å². The van der Waals surface area contributed by atoms with Crippen LogP contribution in [0.2, 0.25) is 0 Å². The lowest BCUT2D eigenvalue weighted by Gasteiger charge is -2.02. The van der Waals surface area contributed by atoms with Gasteiger partial charge >= 0.3 is 5.97 Å². The van der Waals surface area contributed by atoms with E-state index in [1.54, 1.807) is 4.68 Å². The van der Waals surface area contributed by atoms with Crippen molar-refractivity contribution in [3.8, 4) is 5.69 Å². The second-order valence-corrected chi connectivity index (χ2v) is 4.22. The number of benzene rings is 1. The number of hydrogen-bond donors (Lipinski definition) is 1. The Labute approximate surface area is 101 Å². The second-order valence-electron chi connectivity index (χ2n) is 3.40. The van der Waals surface area contributed by atoms with Crippen molar-refractivity contribution in [1.29, 1.82) is 0 Å². The summed E-state index contributed by atoms with van der Waals surface area (Å²) in [5, 5.41) is 12.8. The first-order valence-electron chi connectivity index (χ1n) is 4.64. The Hall–Kier alpha value is -1.62. The van der Waals surface area contributed by atoms with E-state index in [0.717, 1.165) is 11.3 Å². The van der Waals surface area contributed by atoms with Crippen LogP contribution < -0.4 is 0 Å². The lowest BCUT2D eigenvalue weighted by Crippen LogP contribution is -2.01. The average Bonchev–Trinajstić information content (AvgIpc) is 2.62. The number of hydrogen-bond acceptors (Lipinski definition) is 2. The third kappa shape index (κ3) is 1.99. The molecule has 1 N–H and O–H groups in total. The molecule has 0 radical (unpaired) electrons. The summed E-state index contributed by atoms with van der Waals surface area (Å²) >= 11 is 3.28. The maximum Gasteiger partial charge on any atom is 0.356 e. The van der Waals surface area contributed by atoms with Crippen molar-refractivity contribution in [2.24, 2.45) is 0 Å². The largest absolute Gasteiger partial charge is 0.476 e. The molecule has 2 aromatic rings. The Bertz CT molecular complexity index is 531. The van der Waals surface area contributed by atoms with Crippen LogP contribution in [0.25, 0.3) is 5.69 Å². The van der Waals surface area contributed by atoms with Gasteiger partial charge in [-0.25, -0.2) is 9.48 Å². The van der Waals surface area contributed by atoms with Crippen LogP contribution in [0.4, 0.5) is 0 Å². The third-order valence-corrected chi connectivity index (χ3v) is 2.73. The minimum Gasteiger partial charge on any atom is -0.476 e. The Morgan fingerprint density at radius 1 is 1.38 bits per heavy atom. The number of aryl methyl sites for hydroxylation is 1. The van der Waals surface area contributed by atoms with Gasteiger partial charge in [0.1, 0.15) is 4.60 Å². The number of aromatic nitrogens is 2. The van der Waals surface area contributed by atoms with E-state index in [2.05, 4.69) is 21.0 Å². The molecule has 0 unspecified atom stereocenters. The molecule has 4 nitrogen and oxygen atoms in total. The molecule has 0 saturated heterocycles. The summed E-state index contributed by atoms with van der Waals surface area (Å²) in [4.78, 5) is 10.8. The highest BCUT2D eigenvalue weighted by Gasteiger charge is 2.12. The fraction of sp³-hybridized carbons (Fsp3) is 0.0909. The minimum atomic E-state index is -1.04. The van der Waals surface area contributed by atoms with Crippen molar-refractivity contribution < 1.29 is 9.90 Å². The second kappa shape index (κ2) is 4.09. The molecule has 0 aliphatic carbocycles. The van der Waals surface area contributed by atoms with E-state index in [9.17, 15) is 4.79 Å². The SMILES string of the molecule is Cc1ccc(-n2nc(C(=O)O)cc2Br)cc1. The molecule has 0 spiro atoms. The molecule has 1 aromatic carbocycles. The van der Waals surface area contributed by atoms with Gasteiger partial charge in [0, 0.05) is 6.07 Å². The normalized spacial score (nSPS) is 10.4. The molecule has 0 atom stereocenters. The van der Waals surface area contributed by atoms with Crippen LogP contribution in [0, 0.1) is 6.92 Å². The summed E-state index contributed by atoms with van der Waals surface area (Å²) in [7, 11) is 0. The molecule has 5 heteroatoms. The quantitative estimate of drug-likeness (QED) is 0.920. The molecule has 0 aliphatic rings. The molecule has 0 amide bonds. The third-order valence-electron chi connectivity index (χ3n) is 2.16. The topological polar surface area (TPSA) is 55.1 Å². The summed E-state index contributed by atoms with van der Waals surface area (Å²) in [5.41, 5.74) is 1.99. The maximum atomic E-state index is 10.8. The Balaban J connectivity index is 2.47. The first-order chi connectivity index (χ1) is 7.58. The monoisotopic (exact) mass is 280 g/mol. The molecule has 0 aliphatic heterocycles. The molecule has 2 rings (SSSR count). The molecule has 1 aromatic heterocycles. The summed E-state index contributed by atoms with van der Waals surface area (Å²) in [6.07, 6.45) is 0. The highest BCUT2D eigenvalue weighted by molar-refractivity contribution is 9.10. The van der Waals surface area contributed by atoms with Crippen molar-refractivity contribution >= 4 is 21.9 Å². The summed E-state index contributed by atoms with van der Waals surface area (Å²) in [6.45, 7) is 1.99. The fourth-order valence-electron chi connectivity index (χ4n) is 1.33. The van der Waals surface area contributed by atoms with Gasteiger partial charge in [-0.3, -0.25) is 0 Å². The number of carbonyl (C=O) groups is 1. The van der Waals surface area contributed by atoms with Crippen molar-refractivity contribution in [1.82, 2.24) is 9.78 Å². The van der Waals surface area contributed by atoms with Crippen LogP contribution >= 0.6 is 15.9 Å². The Kier molecular flexibility index (Phi) is 2.78. The van der Waals surface area contributed by atoms with Crippen molar-refractivity contribution in [3.63, 3.8) is 0 Å². The highest BCUT2D eigenvalue weighted by Crippen LogP contribution is 2.18. The number of halogens is 1. The number of carboxylic acids is 1. The molecular weight excluding hydrogens is 272 g/mol. The Morgan fingerprint density at radius 3 is 2.50 bits per heavy atom. The van der Waals surface area contributed by atoms with Gasteiger partial charge in [-0.15, -0.1) is 0 Å². The van der Waals surface area contributed by atoms with Gasteiger partial charge in [0.25, 0.3) is 0 Å². The van der Waals surface area contributed by atoms with Crippen LogP contribution in [-0.2, 0) is 0 Å². The van der Waals surface area contributed by atoms with E-state index in [1.807, 2.05) is 31.2 Å². The summed E-state index contributed by atoms with van der Waals surface area (Å²) in [6, 6.07) is 9.15. The lowest BCUT2D eigenvalue weighted by molar-refractivity contribution is 0.0690. The van der Waals surface area contributed by atoms with Crippen LogP contribution in [-0.4, -0.2) is 20.9 Å². The minimum absolute atomic E-state index is 0.0208. The first-order valence-corrected chi connectivity index (χ1v) is 5.43. The van der Waals surface area contributed by atoms with Crippen molar-refractivity contribution in [2.45, 2.75) is 6.92 Å². The average molecular weight is 281 g/mol. The van der Waals surface area contributed by atoms with E-state index in [-0.39, 0.29) is 5.69 Å².